The van der Waals surface area contributed by atoms with Gasteiger partial charge in [0.1, 0.15) is 0 Å². The van der Waals surface area contributed by atoms with E-state index in [2.05, 4.69) is 226 Å². The van der Waals surface area contributed by atoms with Gasteiger partial charge in [0.05, 0.1) is 5.41 Å². The van der Waals surface area contributed by atoms with Gasteiger partial charge in [0.2, 0.25) is 0 Å². The summed E-state index contributed by atoms with van der Waals surface area (Å²) in [5.74, 6) is 1.91. The largest absolute Gasteiger partial charge is 0.208 e. The summed E-state index contributed by atoms with van der Waals surface area (Å²) >= 11 is 0. The van der Waals surface area contributed by atoms with Crippen LogP contribution in [0.2, 0.25) is 0 Å². The third kappa shape index (κ3) is 5.92. The zero-order valence-electron chi connectivity index (χ0n) is 35.7. The molecular formula is C61H43N3. The van der Waals surface area contributed by atoms with Crippen LogP contribution in [0, 0.1) is 0 Å². The molecule has 0 amide bonds. The molecule has 3 nitrogen and oxygen atoms in total. The number of hydrogen-bond donors (Lipinski definition) is 0. The van der Waals surface area contributed by atoms with Gasteiger partial charge in [-0.25, -0.2) is 15.0 Å². The molecule has 0 bridgehead atoms. The van der Waals surface area contributed by atoms with E-state index in [-0.39, 0.29) is 5.41 Å². The van der Waals surface area contributed by atoms with E-state index in [9.17, 15) is 0 Å². The lowest BCUT2D eigenvalue weighted by molar-refractivity contribution is 0.563. The Kier molecular flexibility index (Phi) is 8.74. The lowest BCUT2D eigenvalue weighted by Gasteiger charge is -2.46. The molecule has 0 aliphatic heterocycles. The molecule has 1 spiro atoms. The molecule has 10 aromatic rings. The molecule has 0 N–H and O–H groups in total. The zero-order valence-corrected chi connectivity index (χ0v) is 35.7. The minimum Gasteiger partial charge on any atom is -0.208 e. The molecule has 0 fully saturated rings. The van der Waals surface area contributed by atoms with Gasteiger partial charge in [-0.3, -0.25) is 0 Å². The van der Waals surface area contributed by atoms with Crippen molar-refractivity contribution in [1.29, 1.82) is 0 Å². The third-order valence-electron chi connectivity index (χ3n) is 13.7. The quantitative estimate of drug-likeness (QED) is 0.168. The Morgan fingerprint density at radius 3 is 1.02 bits per heavy atom. The Morgan fingerprint density at radius 2 is 0.562 bits per heavy atom. The fourth-order valence-corrected chi connectivity index (χ4v) is 10.5. The van der Waals surface area contributed by atoms with Crippen LogP contribution >= 0.6 is 0 Å². The van der Waals surface area contributed by atoms with Gasteiger partial charge in [0.25, 0.3) is 0 Å². The molecule has 12 rings (SSSR count). The minimum absolute atomic E-state index is 0.226. The van der Waals surface area contributed by atoms with E-state index in [1.54, 1.807) is 0 Å². The summed E-state index contributed by atoms with van der Waals surface area (Å²) in [5, 5.41) is 0. The van der Waals surface area contributed by atoms with E-state index >= 15 is 0 Å². The second kappa shape index (κ2) is 14.8. The van der Waals surface area contributed by atoms with Crippen molar-refractivity contribution in [3.05, 3.63) is 258 Å². The number of fused-ring (bicyclic) bond motifs is 9. The van der Waals surface area contributed by atoms with E-state index in [4.69, 9.17) is 15.0 Å². The Bertz CT molecular complexity index is 3220. The Morgan fingerprint density at radius 1 is 0.250 bits per heavy atom. The molecule has 0 atom stereocenters. The first-order valence-corrected chi connectivity index (χ1v) is 22.1. The first-order valence-electron chi connectivity index (χ1n) is 22.1. The Balaban J connectivity index is 0.949. The number of benzene rings is 9. The highest BCUT2D eigenvalue weighted by atomic mass is 15.0. The molecular weight excluding hydrogens is 775 g/mol. The van der Waals surface area contributed by atoms with Crippen LogP contribution in [-0.2, 0) is 10.8 Å². The average Bonchev–Trinajstić information content (AvgIpc) is 3.67. The molecule has 0 radical (unpaired) electrons. The maximum atomic E-state index is 5.12. The maximum Gasteiger partial charge on any atom is 0.164 e. The number of hydrogen-bond acceptors (Lipinski definition) is 3. The van der Waals surface area contributed by atoms with E-state index in [1.807, 2.05) is 12.1 Å². The molecule has 1 aromatic heterocycles. The summed E-state index contributed by atoms with van der Waals surface area (Å²) in [4.78, 5) is 15.3. The molecule has 0 unspecified atom stereocenters. The summed E-state index contributed by atoms with van der Waals surface area (Å²) in [6.45, 7) is 4.77. The zero-order chi connectivity index (χ0) is 42.8. The molecule has 2 aliphatic rings. The molecule has 9 aromatic carbocycles. The molecule has 1 heterocycles. The van der Waals surface area contributed by atoms with Crippen molar-refractivity contribution in [2.24, 2.45) is 0 Å². The monoisotopic (exact) mass is 817 g/mol. The van der Waals surface area contributed by atoms with E-state index in [0.29, 0.717) is 17.5 Å². The van der Waals surface area contributed by atoms with Crippen LogP contribution in [0.5, 0.6) is 0 Å². The SMILES string of the molecule is CC1(C)c2ccccc2C2(c3ccccc3-c3ccccc32)c2ccc(-c3ccc(-c4nc(-c5ccc(-c6ccccc6)cc5)nc(-c5ccc(-c6ccccc6)cc5)n4)cc3)cc21. The van der Waals surface area contributed by atoms with Crippen LogP contribution < -0.4 is 0 Å². The summed E-state index contributed by atoms with van der Waals surface area (Å²) in [6.07, 6.45) is 0. The predicted molar refractivity (Wildman–Crippen MR) is 262 cm³/mol. The highest BCUT2D eigenvalue weighted by Crippen LogP contribution is 2.62. The standard InChI is InChI=1S/C61H43N3/c1-60(2)53-23-13-14-24-54(53)61(51-21-11-9-19-49(51)50-20-10-12-22-52(50)61)55-38-37-48(39-56(55)60)44-29-35-47(36-30-44)59-63-57(45-31-25-42(26-32-45)40-15-5-3-6-16-40)62-58(64-59)46-33-27-43(28-34-46)41-17-7-4-8-18-41/h3-39H,1-2H3. The maximum absolute atomic E-state index is 5.12. The van der Waals surface area contributed by atoms with E-state index < -0.39 is 5.41 Å². The normalized spacial score (nSPS) is 13.7. The van der Waals surface area contributed by atoms with Crippen LogP contribution in [0.15, 0.2) is 224 Å². The van der Waals surface area contributed by atoms with Gasteiger partial charge in [-0.2, -0.15) is 0 Å². The van der Waals surface area contributed by atoms with Gasteiger partial charge in [-0.15, -0.1) is 0 Å². The molecule has 0 saturated heterocycles. The van der Waals surface area contributed by atoms with Crippen LogP contribution in [0.1, 0.15) is 47.2 Å². The number of rotatable bonds is 6. The van der Waals surface area contributed by atoms with Crippen molar-refractivity contribution in [3.8, 4) is 78.7 Å². The Hall–Kier alpha value is -8.01. The van der Waals surface area contributed by atoms with Crippen LogP contribution in [0.25, 0.3) is 78.7 Å². The van der Waals surface area contributed by atoms with Gasteiger partial charge in [-0.05, 0) is 84.0 Å². The Labute approximate surface area is 374 Å². The van der Waals surface area contributed by atoms with Crippen LogP contribution in [0.3, 0.4) is 0 Å². The van der Waals surface area contributed by atoms with Crippen LogP contribution in [0.4, 0.5) is 0 Å². The first-order chi connectivity index (χ1) is 31.5. The van der Waals surface area contributed by atoms with Gasteiger partial charge in [-0.1, -0.05) is 232 Å². The van der Waals surface area contributed by atoms with Crippen LogP contribution in [-0.4, -0.2) is 15.0 Å². The van der Waals surface area contributed by atoms with E-state index in [1.165, 1.54) is 61.2 Å². The molecule has 3 heteroatoms. The molecule has 2 aliphatic carbocycles. The molecule has 302 valence electrons. The smallest absolute Gasteiger partial charge is 0.164 e. The van der Waals surface area contributed by atoms with Gasteiger partial charge in [0, 0.05) is 22.1 Å². The lowest BCUT2D eigenvalue weighted by Crippen LogP contribution is -2.40. The van der Waals surface area contributed by atoms with Crippen molar-refractivity contribution in [2.75, 3.05) is 0 Å². The minimum atomic E-state index is -0.408. The fraction of sp³-hybridized carbons (Fsp3) is 0.0656. The first kappa shape index (κ1) is 37.7. The van der Waals surface area contributed by atoms with E-state index in [0.717, 1.165) is 33.4 Å². The van der Waals surface area contributed by atoms with Gasteiger partial charge >= 0.3 is 0 Å². The van der Waals surface area contributed by atoms with Crippen molar-refractivity contribution >= 4 is 0 Å². The third-order valence-corrected chi connectivity index (χ3v) is 13.7. The topological polar surface area (TPSA) is 38.7 Å². The highest BCUT2D eigenvalue weighted by molar-refractivity contribution is 5.89. The predicted octanol–water partition coefficient (Wildman–Crippen LogP) is 14.9. The summed E-state index contributed by atoms with van der Waals surface area (Å²) in [7, 11) is 0. The number of aromatic nitrogens is 3. The van der Waals surface area contributed by atoms with Crippen molar-refractivity contribution in [1.82, 2.24) is 15.0 Å². The number of nitrogens with zero attached hydrogens (tertiary/aromatic N) is 3. The summed E-state index contributed by atoms with van der Waals surface area (Å²) < 4.78 is 0. The van der Waals surface area contributed by atoms with Crippen molar-refractivity contribution in [3.63, 3.8) is 0 Å². The highest BCUT2D eigenvalue weighted by Gasteiger charge is 2.53. The summed E-state index contributed by atoms with van der Waals surface area (Å²) in [5.41, 5.74) is 19.9. The second-order valence-corrected chi connectivity index (χ2v) is 17.5. The molecule has 0 saturated carbocycles. The summed E-state index contributed by atoms with van der Waals surface area (Å²) in [6, 6.07) is 80.9. The lowest BCUT2D eigenvalue weighted by atomic mass is 9.55. The van der Waals surface area contributed by atoms with Gasteiger partial charge < -0.3 is 0 Å². The van der Waals surface area contributed by atoms with Gasteiger partial charge in [0.15, 0.2) is 17.5 Å². The van der Waals surface area contributed by atoms with Crippen molar-refractivity contribution in [2.45, 2.75) is 24.7 Å². The second-order valence-electron chi connectivity index (χ2n) is 17.5. The fourth-order valence-electron chi connectivity index (χ4n) is 10.5. The average molecular weight is 818 g/mol. The van der Waals surface area contributed by atoms with Crippen molar-refractivity contribution < 1.29 is 0 Å². The molecule has 64 heavy (non-hydrogen) atoms.